The van der Waals surface area contributed by atoms with Gasteiger partial charge in [-0.05, 0) is 30.5 Å². The molecule has 116 valence electrons. The summed E-state index contributed by atoms with van der Waals surface area (Å²) >= 11 is 0. The van der Waals surface area contributed by atoms with Crippen molar-refractivity contribution in [1.82, 2.24) is 14.8 Å². The second-order valence-electron chi connectivity index (χ2n) is 5.49. The van der Waals surface area contributed by atoms with E-state index in [1.54, 1.807) is 17.1 Å². The summed E-state index contributed by atoms with van der Waals surface area (Å²) in [6.45, 7) is 2.20. The molecular formula is C19H19N3O. The summed E-state index contributed by atoms with van der Waals surface area (Å²) in [5.41, 5.74) is 3.65. The van der Waals surface area contributed by atoms with Crippen LogP contribution in [-0.4, -0.2) is 21.1 Å². The lowest BCUT2D eigenvalue weighted by atomic mass is 10.1. The van der Waals surface area contributed by atoms with Crippen molar-refractivity contribution in [2.75, 3.05) is 0 Å². The Morgan fingerprint density at radius 1 is 1.09 bits per heavy atom. The van der Waals surface area contributed by atoms with Gasteiger partial charge in [0.25, 0.3) is 0 Å². The number of carbonyl (C=O) groups is 1. The molecule has 23 heavy (non-hydrogen) atoms. The van der Waals surface area contributed by atoms with Gasteiger partial charge in [0.15, 0.2) is 12.1 Å². The highest BCUT2D eigenvalue weighted by molar-refractivity contribution is 5.85. The number of aromatic nitrogens is 3. The Kier molecular flexibility index (Phi) is 4.62. The van der Waals surface area contributed by atoms with Crippen LogP contribution in [0.5, 0.6) is 0 Å². The number of hydrogen-bond acceptors (Lipinski definition) is 3. The van der Waals surface area contributed by atoms with Crippen LogP contribution in [0.25, 0.3) is 17.1 Å². The molecule has 3 rings (SSSR count). The maximum atomic E-state index is 11.1. The van der Waals surface area contributed by atoms with Crippen LogP contribution < -0.4 is 0 Å². The fourth-order valence-corrected chi connectivity index (χ4v) is 2.51. The first kappa shape index (κ1) is 15.2. The van der Waals surface area contributed by atoms with E-state index < -0.39 is 0 Å². The maximum Gasteiger partial charge on any atom is 0.182 e. The van der Waals surface area contributed by atoms with Crippen molar-refractivity contribution in [3.63, 3.8) is 0 Å². The van der Waals surface area contributed by atoms with Crippen LogP contribution in [-0.2, 0) is 6.42 Å². The van der Waals surface area contributed by atoms with E-state index in [0.717, 1.165) is 24.0 Å². The quantitative estimate of drug-likeness (QED) is 0.644. The minimum atomic E-state index is 0.558. The monoisotopic (exact) mass is 305 g/mol. The molecule has 0 saturated carbocycles. The molecule has 2 aromatic carbocycles. The Hall–Kier alpha value is -2.75. The summed E-state index contributed by atoms with van der Waals surface area (Å²) in [6, 6.07) is 15.7. The van der Waals surface area contributed by atoms with Crippen molar-refractivity contribution in [1.29, 1.82) is 0 Å². The topological polar surface area (TPSA) is 47.8 Å². The summed E-state index contributed by atoms with van der Waals surface area (Å²) in [4.78, 5) is 15.5. The minimum absolute atomic E-state index is 0.558. The van der Waals surface area contributed by atoms with Gasteiger partial charge in [-0.15, -0.1) is 5.10 Å². The first-order valence-electron chi connectivity index (χ1n) is 7.87. The van der Waals surface area contributed by atoms with Crippen LogP contribution in [0, 0.1) is 0 Å². The molecule has 0 aliphatic heterocycles. The van der Waals surface area contributed by atoms with E-state index in [2.05, 4.69) is 41.3 Å². The fraction of sp³-hybridized carbons (Fsp3) is 0.211. The first-order chi connectivity index (χ1) is 11.3. The summed E-state index contributed by atoms with van der Waals surface area (Å²) in [5, 5.41) is 4.50. The summed E-state index contributed by atoms with van der Waals surface area (Å²) in [5.74, 6) is 0.558. The van der Waals surface area contributed by atoms with E-state index in [0.29, 0.717) is 11.4 Å². The molecule has 4 nitrogen and oxygen atoms in total. The molecule has 0 spiro atoms. The zero-order chi connectivity index (χ0) is 16.1. The van der Waals surface area contributed by atoms with Crippen LogP contribution in [0.3, 0.4) is 0 Å². The normalized spacial score (nSPS) is 10.7. The van der Waals surface area contributed by atoms with Crippen LogP contribution in [0.4, 0.5) is 0 Å². The predicted molar refractivity (Wildman–Crippen MR) is 90.8 cm³/mol. The molecule has 0 atom stereocenters. The Morgan fingerprint density at radius 3 is 2.61 bits per heavy atom. The molecule has 0 saturated heterocycles. The Morgan fingerprint density at radius 2 is 1.87 bits per heavy atom. The third kappa shape index (κ3) is 3.37. The number of benzene rings is 2. The molecule has 0 radical (unpaired) electrons. The highest BCUT2D eigenvalue weighted by Gasteiger charge is 2.09. The van der Waals surface area contributed by atoms with E-state index in [1.807, 2.05) is 18.2 Å². The number of carbonyl (C=O) groups excluding carboxylic acids is 1. The average Bonchev–Trinajstić information content (AvgIpc) is 3.10. The van der Waals surface area contributed by atoms with Crippen LogP contribution in [0.1, 0.15) is 35.7 Å². The van der Waals surface area contributed by atoms with Gasteiger partial charge >= 0.3 is 0 Å². The van der Waals surface area contributed by atoms with Crippen molar-refractivity contribution in [3.05, 3.63) is 66.0 Å². The zero-order valence-corrected chi connectivity index (χ0v) is 13.1. The van der Waals surface area contributed by atoms with E-state index in [-0.39, 0.29) is 0 Å². The minimum Gasteiger partial charge on any atom is -0.298 e. The number of aldehydes is 1. The summed E-state index contributed by atoms with van der Waals surface area (Å²) in [6.07, 6.45) is 6.02. The van der Waals surface area contributed by atoms with Gasteiger partial charge in [-0.2, -0.15) is 0 Å². The lowest BCUT2D eigenvalue weighted by Crippen LogP contribution is -1.96. The van der Waals surface area contributed by atoms with Gasteiger partial charge in [0, 0.05) is 11.1 Å². The second-order valence-corrected chi connectivity index (χ2v) is 5.49. The summed E-state index contributed by atoms with van der Waals surface area (Å²) in [7, 11) is 0. The van der Waals surface area contributed by atoms with Crippen molar-refractivity contribution in [2.45, 2.75) is 26.2 Å². The van der Waals surface area contributed by atoms with E-state index in [1.165, 1.54) is 18.4 Å². The number of hydrogen-bond donors (Lipinski definition) is 0. The molecule has 0 aliphatic carbocycles. The van der Waals surface area contributed by atoms with Gasteiger partial charge in [0.05, 0.1) is 5.69 Å². The Labute approximate surface area is 135 Å². The molecule has 0 N–H and O–H groups in total. The second kappa shape index (κ2) is 7.01. The highest BCUT2D eigenvalue weighted by atomic mass is 16.1. The Balaban J connectivity index is 1.85. The lowest BCUT2D eigenvalue weighted by Gasteiger charge is -2.03. The number of aryl methyl sites for hydroxylation is 1. The van der Waals surface area contributed by atoms with Gasteiger partial charge in [-0.3, -0.25) is 4.79 Å². The number of unbranched alkanes of at least 4 members (excludes halogenated alkanes) is 1. The Bertz CT molecular complexity index is 790. The average molecular weight is 305 g/mol. The van der Waals surface area contributed by atoms with Gasteiger partial charge < -0.3 is 0 Å². The van der Waals surface area contributed by atoms with Crippen LogP contribution >= 0.6 is 0 Å². The smallest absolute Gasteiger partial charge is 0.182 e. The molecular weight excluding hydrogens is 286 g/mol. The molecule has 0 aliphatic rings. The molecule has 0 unspecified atom stereocenters. The SMILES string of the molecule is CCCCc1ccc(-n2cnc(-c3ccccc3C=O)n2)cc1. The van der Waals surface area contributed by atoms with Crippen LogP contribution in [0.2, 0.25) is 0 Å². The summed E-state index contributed by atoms with van der Waals surface area (Å²) < 4.78 is 1.74. The zero-order valence-electron chi connectivity index (χ0n) is 13.1. The molecule has 1 aromatic heterocycles. The largest absolute Gasteiger partial charge is 0.298 e. The highest BCUT2D eigenvalue weighted by Crippen LogP contribution is 2.19. The van der Waals surface area contributed by atoms with Crippen molar-refractivity contribution < 1.29 is 4.79 Å². The third-order valence-corrected chi connectivity index (χ3v) is 3.84. The number of rotatable bonds is 6. The predicted octanol–water partition coefficient (Wildman–Crippen LogP) is 4.09. The van der Waals surface area contributed by atoms with Crippen molar-refractivity contribution in [3.8, 4) is 17.1 Å². The molecule has 0 fully saturated rings. The van der Waals surface area contributed by atoms with Gasteiger partial charge in [-0.1, -0.05) is 49.7 Å². The van der Waals surface area contributed by atoms with Gasteiger partial charge in [0.2, 0.25) is 0 Å². The standard InChI is InChI=1S/C19H19N3O/c1-2-3-6-15-9-11-17(12-10-15)22-14-20-19(21-22)18-8-5-4-7-16(18)13-23/h4-5,7-14H,2-3,6H2,1H3. The van der Waals surface area contributed by atoms with E-state index >= 15 is 0 Å². The van der Waals surface area contributed by atoms with E-state index in [9.17, 15) is 4.79 Å². The van der Waals surface area contributed by atoms with Crippen molar-refractivity contribution in [2.24, 2.45) is 0 Å². The van der Waals surface area contributed by atoms with E-state index in [4.69, 9.17) is 0 Å². The molecule has 0 bridgehead atoms. The van der Waals surface area contributed by atoms with Gasteiger partial charge in [0.1, 0.15) is 6.33 Å². The lowest BCUT2D eigenvalue weighted by molar-refractivity contribution is 0.112. The first-order valence-corrected chi connectivity index (χ1v) is 7.87. The fourth-order valence-electron chi connectivity index (χ4n) is 2.51. The molecule has 1 heterocycles. The maximum absolute atomic E-state index is 11.1. The van der Waals surface area contributed by atoms with Crippen molar-refractivity contribution >= 4 is 6.29 Å². The van der Waals surface area contributed by atoms with Crippen LogP contribution in [0.15, 0.2) is 54.9 Å². The third-order valence-electron chi connectivity index (χ3n) is 3.84. The van der Waals surface area contributed by atoms with Gasteiger partial charge in [-0.25, -0.2) is 9.67 Å². The molecule has 4 heteroatoms. The molecule has 0 amide bonds. The number of nitrogens with zero attached hydrogens (tertiary/aromatic N) is 3. The molecule has 3 aromatic rings.